The Hall–Kier alpha value is -4.60. The number of benzene rings is 4. The van der Waals surface area contributed by atoms with Gasteiger partial charge in [0, 0.05) is 87.8 Å². The topological polar surface area (TPSA) is 63.2 Å². The average molecular weight is 988 g/mol. The first-order chi connectivity index (χ1) is 27.5. The molecule has 0 amide bonds. The van der Waals surface area contributed by atoms with E-state index in [4.69, 9.17) is 0 Å². The summed E-state index contributed by atoms with van der Waals surface area (Å²) in [7, 11) is 0. The molecule has 8 bridgehead atoms. The van der Waals surface area contributed by atoms with Gasteiger partial charge in [0.2, 0.25) is 0 Å². The van der Waals surface area contributed by atoms with Crippen LogP contribution < -0.4 is 21.4 Å². The molecule has 8 heteroatoms. The molecule has 9 rings (SSSR count). The summed E-state index contributed by atoms with van der Waals surface area (Å²) in [5.74, 6) is 0. The highest BCUT2D eigenvalue weighted by molar-refractivity contribution is 9.09. The summed E-state index contributed by atoms with van der Waals surface area (Å²) in [5.41, 5.74) is 17.9. The van der Waals surface area contributed by atoms with E-state index in [0.29, 0.717) is 0 Å². The van der Waals surface area contributed by atoms with Crippen molar-refractivity contribution in [2.75, 3.05) is 0 Å². The monoisotopic (exact) mass is 984 g/mol. The van der Waals surface area contributed by atoms with E-state index < -0.39 is 0 Å². The van der Waals surface area contributed by atoms with E-state index in [-0.39, 0.29) is 0 Å². The van der Waals surface area contributed by atoms with Gasteiger partial charge in [-0.2, -0.15) is 0 Å². The molecule has 0 aliphatic carbocycles. The van der Waals surface area contributed by atoms with Crippen LogP contribution in [0.5, 0.6) is 0 Å². The van der Waals surface area contributed by atoms with Crippen LogP contribution in [0.25, 0.3) is 22.3 Å². The van der Waals surface area contributed by atoms with Gasteiger partial charge in [0.25, 0.3) is 0 Å². The molecule has 4 nitrogen and oxygen atoms in total. The van der Waals surface area contributed by atoms with Crippen LogP contribution in [0.2, 0.25) is 0 Å². The van der Waals surface area contributed by atoms with Crippen LogP contribution in [0.4, 0.5) is 0 Å². The molecule has 4 aromatic heterocycles. The van der Waals surface area contributed by atoms with Crippen molar-refractivity contribution >= 4 is 86.0 Å². The summed E-state index contributed by atoms with van der Waals surface area (Å²) in [6.45, 7) is 0. The Balaban J connectivity index is 1.43. The fourth-order valence-electron chi connectivity index (χ4n) is 7.81. The third-order valence-corrected chi connectivity index (χ3v) is 13.0. The molecule has 1 aliphatic rings. The maximum atomic E-state index is 3.91. The van der Waals surface area contributed by atoms with Crippen molar-refractivity contribution in [2.24, 2.45) is 0 Å². The maximum absolute atomic E-state index is 3.91. The van der Waals surface area contributed by atoms with Gasteiger partial charge in [0.1, 0.15) is 0 Å². The Kier molecular flexibility index (Phi) is 10.6. The van der Waals surface area contributed by atoms with Gasteiger partial charge < -0.3 is 19.9 Å². The van der Waals surface area contributed by atoms with E-state index >= 15 is 0 Å². The van der Waals surface area contributed by atoms with Crippen LogP contribution in [-0.4, -0.2) is 19.9 Å². The number of H-pyrrole nitrogens is 4. The standard InChI is InChI=1S/C48H36Br4N4/c49-25-29-5-1-9-33(21-29)45-37-13-15-39(53-37)46(34-10-2-6-30(22-34)26-50)41-17-19-43(55-41)48(36-12-4-8-32(24-36)28-52)44-20-18-42(56-44)47(40-16-14-38(45)54-40)35-11-3-7-31(23-35)27-51/h1-24,53-56H,25-28H2. The van der Waals surface area contributed by atoms with E-state index in [0.717, 1.165) is 110 Å². The highest BCUT2D eigenvalue weighted by atomic mass is 79.9. The quantitative estimate of drug-likeness (QED) is 0.110. The lowest BCUT2D eigenvalue weighted by atomic mass is 10.0. The lowest BCUT2D eigenvalue weighted by Crippen LogP contribution is -2.19. The van der Waals surface area contributed by atoms with Crippen molar-refractivity contribution in [1.82, 2.24) is 19.9 Å². The summed E-state index contributed by atoms with van der Waals surface area (Å²) < 4.78 is 0. The molecule has 56 heavy (non-hydrogen) atoms. The van der Waals surface area contributed by atoms with Gasteiger partial charge in [0.05, 0.1) is 0 Å². The van der Waals surface area contributed by atoms with Gasteiger partial charge in [0.15, 0.2) is 0 Å². The predicted molar refractivity (Wildman–Crippen MR) is 244 cm³/mol. The molecule has 1 aliphatic heterocycles. The SMILES string of the molecule is BrCc1cccc(C2=c3ccc([nH]3)=C(c3cccc(CBr)c3)c3ccc([nH]3)C(c3cccc(CBr)c3)=c3ccc([nH]3)=C(c3cccc(CBr)c3)c3ccc2[nH]3)c1. The molecule has 276 valence electrons. The van der Waals surface area contributed by atoms with Crippen LogP contribution in [0.15, 0.2) is 146 Å². The molecule has 0 saturated heterocycles. The third kappa shape index (κ3) is 7.13. The number of nitrogens with one attached hydrogen (secondary N) is 4. The molecule has 0 unspecified atom stereocenters. The smallest absolute Gasteiger partial charge is 0.0485 e. The summed E-state index contributed by atoms with van der Waals surface area (Å²) in [4.78, 5) is 15.7. The number of aromatic amines is 4. The van der Waals surface area contributed by atoms with Crippen LogP contribution in [0, 0.1) is 0 Å². The van der Waals surface area contributed by atoms with Crippen molar-refractivity contribution in [3.8, 4) is 0 Å². The molecule has 4 aromatic carbocycles. The number of rotatable bonds is 8. The number of aromatic nitrogens is 4. The highest BCUT2D eigenvalue weighted by Crippen LogP contribution is 2.29. The Morgan fingerprint density at radius 3 is 0.768 bits per heavy atom. The Morgan fingerprint density at radius 1 is 0.286 bits per heavy atom. The van der Waals surface area contributed by atoms with E-state index in [1.807, 2.05) is 0 Å². The number of fused-ring (bicyclic) bond motifs is 8. The molecule has 0 radical (unpaired) electrons. The largest absolute Gasteiger partial charge is 0.354 e. The van der Waals surface area contributed by atoms with Crippen molar-refractivity contribution < 1.29 is 0 Å². The first-order valence-electron chi connectivity index (χ1n) is 18.4. The average Bonchev–Trinajstić information content (AvgIpc) is 4.09. The van der Waals surface area contributed by atoms with Crippen LogP contribution in [0.1, 0.15) is 67.3 Å². The Bertz CT molecular complexity index is 2600. The molecule has 0 spiro atoms. The van der Waals surface area contributed by atoms with Crippen LogP contribution in [0.3, 0.4) is 0 Å². The number of alkyl halides is 4. The molecule has 5 heterocycles. The van der Waals surface area contributed by atoms with E-state index in [1.165, 1.54) is 22.3 Å². The fourth-order valence-corrected chi connectivity index (χ4v) is 9.21. The first-order valence-corrected chi connectivity index (χ1v) is 22.9. The first kappa shape index (κ1) is 37.0. The summed E-state index contributed by atoms with van der Waals surface area (Å²) in [5, 5.41) is 7.19. The zero-order valence-corrected chi connectivity index (χ0v) is 36.5. The van der Waals surface area contributed by atoms with E-state index in [1.54, 1.807) is 0 Å². The Labute approximate surface area is 358 Å². The summed E-state index contributed by atoms with van der Waals surface area (Å²) in [6.07, 6.45) is 0. The van der Waals surface area contributed by atoms with Gasteiger partial charge in [-0.15, -0.1) is 0 Å². The molecule has 0 saturated carbocycles. The number of hydrogen-bond donors (Lipinski definition) is 4. The van der Waals surface area contributed by atoms with Crippen molar-refractivity contribution in [3.63, 3.8) is 0 Å². The lowest BCUT2D eigenvalue weighted by Gasteiger charge is -2.11. The van der Waals surface area contributed by atoms with E-state index in [2.05, 4.69) is 229 Å². The normalized spacial score (nSPS) is 12.8. The second-order valence-electron chi connectivity index (χ2n) is 14.0. The second kappa shape index (κ2) is 16.1. The molecule has 0 fully saturated rings. The van der Waals surface area contributed by atoms with Crippen molar-refractivity contribution in [1.29, 1.82) is 0 Å². The molecular formula is C48H36Br4N4. The fraction of sp³-hybridized carbons (Fsp3) is 0.0833. The highest BCUT2D eigenvalue weighted by Gasteiger charge is 2.19. The Morgan fingerprint density at radius 2 is 0.536 bits per heavy atom. The zero-order valence-electron chi connectivity index (χ0n) is 30.2. The minimum atomic E-state index is 0.771. The number of halogens is 4. The van der Waals surface area contributed by atoms with Crippen LogP contribution in [-0.2, 0) is 21.3 Å². The minimum Gasteiger partial charge on any atom is -0.354 e. The third-order valence-electron chi connectivity index (χ3n) is 10.4. The second-order valence-corrected chi connectivity index (χ2v) is 16.2. The van der Waals surface area contributed by atoms with Gasteiger partial charge in [-0.05, 0) is 93.0 Å². The summed E-state index contributed by atoms with van der Waals surface area (Å²) >= 11 is 14.8. The predicted octanol–water partition coefficient (Wildman–Crippen LogP) is 9.88. The minimum absolute atomic E-state index is 0.771. The number of hydrogen-bond acceptors (Lipinski definition) is 0. The molecule has 0 atom stereocenters. The summed E-state index contributed by atoms with van der Waals surface area (Å²) in [6, 6.07) is 52.8. The zero-order chi connectivity index (χ0) is 38.2. The van der Waals surface area contributed by atoms with Gasteiger partial charge >= 0.3 is 0 Å². The molecular weight excluding hydrogens is 952 g/mol. The van der Waals surface area contributed by atoms with E-state index in [9.17, 15) is 0 Å². The van der Waals surface area contributed by atoms with Gasteiger partial charge in [-0.1, -0.05) is 161 Å². The van der Waals surface area contributed by atoms with Gasteiger partial charge in [-0.25, -0.2) is 0 Å². The van der Waals surface area contributed by atoms with Crippen molar-refractivity contribution in [2.45, 2.75) is 21.3 Å². The molecule has 4 N–H and O–H groups in total. The lowest BCUT2D eigenvalue weighted by molar-refractivity contribution is 1.18. The molecule has 8 aromatic rings. The van der Waals surface area contributed by atoms with Crippen molar-refractivity contribution in [3.05, 3.63) is 234 Å². The van der Waals surface area contributed by atoms with Gasteiger partial charge in [-0.3, -0.25) is 0 Å². The van der Waals surface area contributed by atoms with Crippen LogP contribution >= 0.6 is 63.7 Å². The maximum Gasteiger partial charge on any atom is 0.0485 e.